The highest BCUT2D eigenvalue weighted by Crippen LogP contribution is 2.23. The Morgan fingerprint density at radius 3 is 1.82 bits per heavy atom. The van der Waals surface area contributed by atoms with E-state index < -0.39 is 10.0 Å². The third-order valence-corrected chi connectivity index (χ3v) is 5.94. The number of sulfonamides is 1. The summed E-state index contributed by atoms with van der Waals surface area (Å²) in [5.41, 5.74) is 2.06. The van der Waals surface area contributed by atoms with Gasteiger partial charge in [-0.05, 0) is 78.4 Å². The number of carbonyl (C=O) groups is 1. The van der Waals surface area contributed by atoms with Gasteiger partial charge in [-0.2, -0.15) is 0 Å². The largest absolute Gasteiger partial charge is 0.497 e. The van der Waals surface area contributed by atoms with E-state index >= 15 is 0 Å². The molecule has 0 amide bonds. The number of hydrogen-bond acceptors (Lipinski definition) is 6. The molecule has 0 radical (unpaired) electrons. The Kier molecular flexibility index (Phi) is 8.00. The first kappa shape index (κ1) is 24.9. The molecule has 0 aromatic heterocycles. The van der Waals surface area contributed by atoms with Gasteiger partial charge in [0.2, 0.25) is 10.0 Å². The van der Waals surface area contributed by atoms with Crippen LogP contribution in [0.1, 0.15) is 15.9 Å². The van der Waals surface area contributed by atoms with Crippen LogP contribution < -0.4 is 25.2 Å². The maximum Gasteiger partial charge on any atom is 0.238 e. The van der Waals surface area contributed by atoms with Crippen LogP contribution in [0, 0.1) is 0 Å². The molecule has 0 aliphatic heterocycles. The highest BCUT2D eigenvalue weighted by Gasteiger charge is 2.15. The van der Waals surface area contributed by atoms with Crippen molar-refractivity contribution in [1.29, 1.82) is 0 Å². The Balaban J connectivity index is 1.83. The molecular weight excluding hydrogens is 474 g/mol. The van der Waals surface area contributed by atoms with Crippen molar-refractivity contribution in [3.05, 3.63) is 90.1 Å². The molecule has 0 saturated carbocycles. The van der Waals surface area contributed by atoms with E-state index in [-0.39, 0.29) is 15.8 Å². The molecule has 34 heavy (non-hydrogen) atoms. The number of hydrogen-bond donors (Lipinski definition) is 3. The fraction of sp³-hybridized carbons (Fsp3) is 0.0833. The fourth-order valence-electron chi connectivity index (χ4n) is 2.98. The number of nitrogens with one attached hydrogen (secondary N) is 2. The molecule has 4 N–H and O–H groups in total. The van der Waals surface area contributed by atoms with Crippen molar-refractivity contribution in [3.8, 4) is 11.5 Å². The molecule has 0 atom stereocenters. The number of thiocarbonyl (C=S) groups is 1. The van der Waals surface area contributed by atoms with Gasteiger partial charge in [-0.15, -0.1) is 0 Å². The maximum absolute atomic E-state index is 13.3. The van der Waals surface area contributed by atoms with Crippen LogP contribution in [0.5, 0.6) is 11.5 Å². The van der Waals surface area contributed by atoms with Crippen LogP contribution in [0.25, 0.3) is 5.57 Å². The Labute approximate surface area is 203 Å². The third kappa shape index (κ3) is 6.41. The van der Waals surface area contributed by atoms with Crippen LogP contribution in [0.2, 0.25) is 0 Å². The number of anilines is 1. The summed E-state index contributed by atoms with van der Waals surface area (Å²) >= 11 is 5.33. The molecule has 0 spiro atoms. The number of carbonyl (C=O) groups excluding carboxylic acids is 1. The molecule has 8 nitrogen and oxygen atoms in total. The average Bonchev–Trinajstić information content (AvgIpc) is 2.84. The number of Topliss-reactive ketones (excluding diaryl/α,β-unsaturated/α-hetero) is 1. The highest BCUT2D eigenvalue weighted by molar-refractivity contribution is 7.89. The lowest BCUT2D eigenvalue weighted by molar-refractivity contribution is 0.105. The van der Waals surface area contributed by atoms with E-state index in [1.165, 1.54) is 30.5 Å². The molecular formula is C24H23N3O5S2. The lowest BCUT2D eigenvalue weighted by Gasteiger charge is -2.12. The molecule has 0 aliphatic carbocycles. The van der Waals surface area contributed by atoms with Crippen LogP contribution in [-0.4, -0.2) is 33.5 Å². The predicted octanol–water partition coefficient (Wildman–Crippen LogP) is 3.56. The molecule has 0 unspecified atom stereocenters. The van der Waals surface area contributed by atoms with Gasteiger partial charge in [-0.25, -0.2) is 13.6 Å². The van der Waals surface area contributed by atoms with Gasteiger partial charge in [0.05, 0.1) is 19.1 Å². The SMILES string of the molecule is COc1ccc(C(=O)/C(=C/NC(=S)Nc2ccc(S(N)(=O)=O)cc2)c2ccc(OC)cc2)cc1. The first-order valence-electron chi connectivity index (χ1n) is 9.95. The summed E-state index contributed by atoms with van der Waals surface area (Å²) in [6.45, 7) is 0. The maximum atomic E-state index is 13.3. The van der Waals surface area contributed by atoms with Gasteiger partial charge in [0.1, 0.15) is 11.5 Å². The lowest BCUT2D eigenvalue weighted by atomic mass is 9.97. The van der Waals surface area contributed by atoms with Crippen molar-refractivity contribution < 1.29 is 22.7 Å². The number of ketones is 1. The van der Waals surface area contributed by atoms with E-state index in [0.29, 0.717) is 33.9 Å². The Morgan fingerprint density at radius 2 is 1.35 bits per heavy atom. The highest BCUT2D eigenvalue weighted by atomic mass is 32.2. The Morgan fingerprint density at radius 1 is 0.853 bits per heavy atom. The van der Waals surface area contributed by atoms with E-state index in [2.05, 4.69) is 10.6 Å². The summed E-state index contributed by atoms with van der Waals surface area (Å²) in [6.07, 6.45) is 1.52. The molecule has 3 aromatic rings. The molecule has 0 saturated heterocycles. The lowest BCUT2D eigenvalue weighted by Crippen LogP contribution is -2.24. The minimum absolute atomic E-state index is 0.0105. The van der Waals surface area contributed by atoms with Gasteiger partial charge in [-0.3, -0.25) is 4.79 Å². The van der Waals surface area contributed by atoms with Crippen LogP contribution in [0.3, 0.4) is 0 Å². The van der Waals surface area contributed by atoms with Crippen LogP contribution in [0.4, 0.5) is 5.69 Å². The van der Waals surface area contributed by atoms with Gasteiger partial charge in [0.25, 0.3) is 0 Å². The van der Waals surface area contributed by atoms with Crippen LogP contribution >= 0.6 is 12.2 Å². The molecule has 0 heterocycles. The van der Waals surface area contributed by atoms with Crippen LogP contribution in [0.15, 0.2) is 83.9 Å². The molecule has 0 bridgehead atoms. The van der Waals surface area contributed by atoms with Crippen molar-refractivity contribution in [2.45, 2.75) is 4.90 Å². The second-order valence-corrected chi connectivity index (χ2v) is 8.98. The van der Waals surface area contributed by atoms with Gasteiger partial charge >= 0.3 is 0 Å². The monoisotopic (exact) mass is 497 g/mol. The first-order valence-corrected chi connectivity index (χ1v) is 11.9. The second-order valence-electron chi connectivity index (χ2n) is 7.01. The zero-order valence-corrected chi connectivity index (χ0v) is 20.1. The number of benzene rings is 3. The van der Waals surface area contributed by atoms with Gasteiger partial charge in [0, 0.05) is 23.0 Å². The third-order valence-electron chi connectivity index (χ3n) is 4.79. The van der Waals surface area contributed by atoms with Gasteiger partial charge < -0.3 is 20.1 Å². The number of nitrogens with two attached hydrogens (primary N) is 1. The molecule has 3 rings (SSSR count). The van der Waals surface area contributed by atoms with E-state index in [9.17, 15) is 13.2 Å². The van der Waals surface area contributed by atoms with Gasteiger partial charge in [-0.1, -0.05) is 12.1 Å². The zero-order chi connectivity index (χ0) is 24.7. The fourth-order valence-corrected chi connectivity index (χ4v) is 3.67. The normalized spacial score (nSPS) is 11.4. The molecule has 10 heteroatoms. The zero-order valence-electron chi connectivity index (χ0n) is 18.4. The molecule has 0 fully saturated rings. The van der Waals surface area contributed by atoms with E-state index in [4.69, 9.17) is 26.8 Å². The van der Waals surface area contributed by atoms with Crippen molar-refractivity contribution in [2.24, 2.45) is 5.14 Å². The standard InChI is InChI=1S/C24H23N3O5S2/c1-31-19-9-3-16(4-10-19)22(23(28)17-5-11-20(32-2)12-6-17)15-26-24(33)27-18-7-13-21(14-8-18)34(25,29)30/h3-15H,1-2H3,(H2,25,29,30)(H2,26,27,33)/b22-15+. The summed E-state index contributed by atoms with van der Waals surface area (Å²) in [4.78, 5) is 13.3. The summed E-state index contributed by atoms with van der Waals surface area (Å²) in [5, 5.41) is 11.2. The first-order chi connectivity index (χ1) is 16.2. The van der Waals surface area contributed by atoms with Crippen molar-refractivity contribution in [2.75, 3.05) is 19.5 Å². The van der Waals surface area contributed by atoms with Gasteiger partial charge in [0.15, 0.2) is 10.9 Å². The van der Waals surface area contributed by atoms with Crippen molar-refractivity contribution >= 4 is 44.4 Å². The summed E-state index contributed by atoms with van der Waals surface area (Å²) in [5.74, 6) is 1.08. The Bertz CT molecular complexity index is 1300. The number of ether oxygens (including phenoxy) is 2. The predicted molar refractivity (Wildman–Crippen MR) is 135 cm³/mol. The van der Waals surface area contributed by atoms with E-state index in [1.54, 1.807) is 62.8 Å². The number of allylic oxidation sites excluding steroid dienone is 1. The quantitative estimate of drug-likeness (QED) is 0.246. The molecule has 0 aliphatic rings. The average molecular weight is 498 g/mol. The smallest absolute Gasteiger partial charge is 0.238 e. The Hall–Kier alpha value is -3.73. The van der Waals surface area contributed by atoms with Crippen LogP contribution in [-0.2, 0) is 10.0 Å². The van der Waals surface area contributed by atoms with E-state index in [1.807, 2.05) is 0 Å². The van der Waals surface area contributed by atoms with Crippen molar-refractivity contribution in [3.63, 3.8) is 0 Å². The minimum atomic E-state index is -3.79. The molecule has 176 valence electrons. The second kappa shape index (κ2) is 10.9. The van der Waals surface area contributed by atoms with Crippen molar-refractivity contribution in [1.82, 2.24) is 5.32 Å². The topological polar surface area (TPSA) is 120 Å². The summed E-state index contributed by atoms with van der Waals surface area (Å²) in [7, 11) is -0.665. The number of primary sulfonamides is 1. The minimum Gasteiger partial charge on any atom is -0.497 e. The number of methoxy groups -OCH3 is 2. The summed E-state index contributed by atoms with van der Waals surface area (Å²) in [6, 6.07) is 19.7. The molecule has 3 aromatic carbocycles. The number of rotatable bonds is 8. The van der Waals surface area contributed by atoms with E-state index in [0.717, 1.165) is 0 Å². The summed E-state index contributed by atoms with van der Waals surface area (Å²) < 4.78 is 33.2.